The Balaban J connectivity index is 1.45. The summed E-state index contributed by atoms with van der Waals surface area (Å²) in [4.78, 5) is 40.8. The molecule has 0 saturated carbocycles. The molecule has 11 heteroatoms. The van der Waals surface area contributed by atoms with Gasteiger partial charge in [-0.05, 0) is 44.2 Å². The van der Waals surface area contributed by atoms with Crippen LogP contribution in [0.2, 0.25) is 0 Å². The summed E-state index contributed by atoms with van der Waals surface area (Å²) >= 11 is 0. The molecule has 164 valence electrons. The maximum Gasteiger partial charge on any atom is 0.306 e. The van der Waals surface area contributed by atoms with Crippen molar-refractivity contribution in [2.75, 3.05) is 16.8 Å². The van der Waals surface area contributed by atoms with Gasteiger partial charge in [0.1, 0.15) is 0 Å². The zero-order valence-electron chi connectivity index (χ0n) is 17.3. The molecule has 1 fully saturated rings. The van der Waals surface area contributed by atoms with Gasteiger partial charge in [0.2, 0.25) is 17.6 Å². The molecule has 1 atom stereocenters. The lowest BCUT2D eigenvalue weighted by molar-refractivity contribution is -0.387. The molecule has 10 nitrogen and oxygen atoms in total. The summed E-state index contributed by atoms with van der Waals surface area (Å²) < 4.78 is 15.3. The fraction of sp³-hybridized carbons (Fsp3) is 0.238. The van der Waals surface area contributed by atoms with E-state index in [2.05, 4.69) is 15.4 Å². The van der Waals surface area contributed by atoms with Crippen LogP contribution in [0.1, 0.15) is 17.8 Å². The van der Waals surface area contributed by atoms with Crippen LogP contribution in [-0.4, -0.2) is 38.0 Å². The molecular weight excluding hydrogens is 419 g/mol. The van der Waals surface area contributed by atoms with E-state index in [9.17, 15) is 24.1 Å². The predicted octanol–water partition coefficient (Wildman–Crippen LogP) is 2.92. The van der Waals surface area contributed by atoms with Crippen molar-refractivity contribution < 1.29 is 18.9 Å². The number of aryl methyl sites for hydroxylation is 2. The lowest BCUT2D eigenvalue weighted by Gasteiger charge is -2.16. The van der Waals surface area contributed by atoms with E-state index in [1.165, 1.54) is 17.2 Å². The number of anilines is 2. The number of nitrogens with one attached hydrogen (secondary N) is 1. The van der Waals surface area contributed by atoms with Gasteiger partial charge in [-0.15, -0.1) is 0 Å². The Bertz CT molecular complexity index is 1220. The van der Waals surface area contributed by atoms with Crippen molar-refractivity contribution in [3.63, 3.8) is 0 Å². The molecule has 0 spiro atoms. The Kier molecular flexibility index (Phi) is 5.39. The average Bonchev–Trinajstić information content (AvgIpc) is 3.30. The number of nitro benzene ring substituents is 1. The highest BCUT2D eigenvalue weighted by molar-refractivity contribution is 6.03. The second-order valence-electron chi connectivity index (χ2n) is 7.53. The van der Waals surface area contributed by atoms with E-state index in [-0.39, 0.29) is 30.5 Å². The van der Waals surface area contributed by atoms with Crippen LogP contribution in [0.15, 0.2) is 42.6 Å². The molecule has 3 heterocycles. The van der Waals surface area contributed by atoms with Crippen molar-refractivity contribution in [3.8, 4) is 5.82 Å². The molecule has 3 aromatic rings. The van der Waals surface area contributed by atoms with Gasteiger partial charge in [-0.1, -0.05) is 0 Å². The van der Waals surface area contributed by atoms with Crippen molar-refractivity contribution in [1.29, 1.82) is 0 Å². The van der Waals surface area contributed by atoms with Crippen molar-refractivity contribution in [3.05, 3.63) is 69.9 Å². The highest BCUT2D eigenvalue weighted by Crippen LogP contribution is 2.30. The summed E-state index contributed by atoms with van der Waals surface area (Å²) in [5, 5.41) is 18.1. The topological polar surface area (TPSA) is 123 Å². The number of carbonyl (C=O) groups is 2. The smallest absolute Gasteiger partial charge is 0.306 e. The van der Waals surface area contributed by atoms with E-state index >= 15 is 0 Å². The summed E-state index contributed by atoms with van der Waals surface area (Å²) in [7, 11) is 0. The van der Waals surface area contributed by atoms with Gasteiger partial charge in [0.05, 0.1) is 34.1 Å². The predicted molar refractivity (Wildman–Crippen MR) is 113 cm³/mol. The molecule has 2 amide bonds. The van der Waals surface area contributed by atoms with Crippen molar-refractivity contribution >= 4 is 28.9 Å². The van der Waals surface area contributed by atoms with E-state index in [1.807, 2.05) is 19.9 Å². The van der Waals surface area contributed by atoms with Gasteiger partial charge >= 0.3 is 5.69 Å². The van der Waals surface area contributed by atoms with Crippen LogP contribution in [0.3, 0.4) is 0 Å². The first-order chi connectivity index (χ1) is 15.2. The molecule has 2 aromatic heterocycles. The normalized spacial score (nSPS) is 15.8. The fourth-order valence-corrected chi connectivity index (χ4v) is 3.63. The van der Waals surface area contributed by atoms with Crippen LogP contribution in [0.25, 0.3) is 5.82 Å². The minimum absolute atomic E-state index is 0.0325. The third kappa shape index (κ3) is 4.04. The van der Waals surface area contributed by atoms with E-state index in [0.717, 1.165) is 23.5 Å². The molecule has 1 aromatic carbocycles. The number of carbonyl (C=O) groups excluding carboxylic acids is 2. The van der Waals surface area contributed by atoms with Gasteiger partial charge in [0, 0.05) is 24.7 Å². The minimum atomic E-state index is -0.990. The van der Waals surface area contributed by atoms with Crippen LogP contribution in [0.5, 0.6) is 0 Å². The molecule has 1 N–H and O–H groups in total. The van der Waals surface area contributed by atoms with Gasteiger partial charge in [-0.3, -0.25) is 19.7 Å². The van der Waals surface area contributed by atoms with Gasteiger partial charge in [-0.2, -0.15) is 9.49 Å². The molecule has 1 saturated heterocycles. The monoisotopic (exact) mass is 438 g/mol. The van der Waals surface area contributed by atoms with Gasteiger partial charge < -0.3 is 10.2 Å². The lowest BCUT2D eigenvalue weighted by Crippen LogP contribution is -2.28. The summed E-state index contributed by atoms with van der Waals surface area (Å²) in [6.07, 6.45) is 1.44. The average molecular weight is 438 g/mol. The maximum absolute atomic E-state index is 13.6. The molecule has 0 radical (unpaired) electrons. The molecule has 1 unspecified atom stereocenters. The number of nitrogens with zero attached hydrogens (tertiary/aromatic N) is 5. The quantitative estimate of drug-likeness (QED) is 0.483. The number of aromatic nitrogens is 3. The Hall–Kier alpha value is -4.15. The standard InChI is InChI=1S/C21H19FN6O4/c1-12-7-13(2)27(25-12)19-6-3-15(10-23-19)24-21(30)14-8-20(29)26(11-14)16-4-5-17(22)18(9-16)28(31)32/h3-7,9-10,14H,8,11H2,1-2H3,(H,24,30). The van der Waals surface area contributed by atoms with Crippen molar-refractivity contribution in [2.45, 2.75) is 20.3 Å². The zero-order valence-corrected chi connectivity index (χ0v) is 17.3. The number of halogens is 1. The van der Waals surface area contributed by atoms with E-state index in [0.29, 0.717) is 11.5 Å². The Morgan fingerprint density at radius 2 is 2.03 bits per heavy atom. The number of nitro groups is 1. The molecule has 32 heavy (non-hydrogen) atoms. The van der Waals surface area contributed by atoms with Gasteiger partial charge in [-0.25, -0.2) is 9.67 Å². The minimum Gasteiger partial charge on any atom is -0.324 e. The van der Waals surface area contributed by atoms with Crippen LogP contribution in [0, 0.1) is 35.7 Å². The molecule has 1 aliphatic heterocycles. The maximum atomic E-state index is 13.6. The first-order valence-corrected chi connectivity index (χ1v) is 9.78. The molecule has 0 bridgehead atoms. The number of benzene rings is 1. The largest absolute Gasteiger partial charge is 0.324 e. The number of amides is 2. The van der Waals surface area contributed by atoms with Gasteiger partial charge in [0.25, 0.3) is 0 Å². The zero-order chi connectivity index (χ0) is 23.0. The Morgan fingerprint density at radius 3 is 2.66 bits per heavy atom. The highest BCUT2D eigenvalue weighted by atomic mass is 19.1. The van der Waals surface area contributed by atoms with Crippen LogP contribution >= 0.6 is 0 Å². The summed E-state index contributed by atoms with van der Waals surface area (Å²) in [6.45, 7) is 3.83. The van der Waals surface area contributed by atoms with E-state index in [4.69, 9.17) is 0 Å². The summed E-state index contributed by atoms with van der Waals surface area (Å²) in [5.41, 5.74) is 1.70. The number of hydrogen-bond acceptors (Lipinski definition) is 6. The number of hydrogen-bond donors (Lipinski definition) is 1. The van der Waals surface area contributed by atoms with Crippen molar-refractivity contribution in [2.24, 2.45) is 5.92 Å². The molecular formula is C21H19FN6O4. The van der Waals surface area contributed by atoms with Crippen LogP contribution in [0.4, 0.5) is 21.5 Å². The highest BCUT2D eigenvalue weighted by Gasteiger charge is 2.36. The Morgan fingerprint density at radius 1 is 1.25 bits per heavy atom. The molecule has 0 aliphatic carbocycles. The lowest BCUT2D eigenvalue weighted by atomic mass is 10.1. The van der Waals surface area contributed by atoms with Crippen molar-refractivity contribution in [1.82, 2.24) is 14.8 Å². The molecule has 1 aliphatic rings. The fourth-order valence-electron chi connectivity index (χ4n) is 3.63. The third-order valence-electron chi connectivity index (χ3n) is 5.18. The second kappa shape index (κ2) is 8.17. The summed E-state index contributed by atoms with van der Waals surface area (Å²) in [5.74, 6) is -1.80. The number of pyridine rings is 1. The van der Waals surface area contributed by atoms with Gasteiger partial charge in [0.15, 0.2) is 5.82 Å². The van der Waals surface area contributed by atoms with Crippen LogP contribution in [-0.2, 0) is 9.59 Å². The third-order valence-corrected chi connectivity index (χ3v) is 5.18. The SMILES string of the molecule is Cc1cc(C)n(-c2ccc(NC(=O)C3CC(=O)N(c4ccc(F)c([N+](=O)[O-])c4)C3)cn2)n1. The van der Waals surface area contributed by atoms with Crippen LogP contribution < -0.4 is 10.2 Å². The van der Waals surface area contributed by atoms with E-state index < -0.39 is 22.3 Å². The first kappa shape index (κ1) is 21.1. The number of rotatable bonds is 5. The van der Waals surface area contributed by atoms with E-state index in [1.54, 1.807) is 16.8 Å². The first-order valence-electron chi connectivity index (χ1n) is 9.78. The second-order valence-corrected chi connectivity index (χ2v) is 7.53. The summed E-state index contributed by atoms with van der Waals surface area (Å²) in [6, 6.07) is 8.55. The Labute approximate surface area is 181 Å². The molecule has 4 rings (SSSR count).